The molecule has 0 N–H and O–H groups in total. The molecule has 0 aliphatic heterocycles. The summed E-state index contributed by atoms with van der Waals surface area (Å²) in [5, 5.41) is 0. The topological polar surface area (TPSA) is 0 Å². The molecule has 56 valence electrons. The van der Waals surface area contributed by atoms with Crippen LogP contribution in [0.25, 0.3) is 0 Å². The summed E-state index contributed by atoms with van der Waals surface area (Å²) in [5.74, 6) is 0. The van der Waals surface area contributed by atoms with Crippen molar-refractivity contribution in [3.63, 3.8) is 0 Å². The third-order valence-electron chi connectivity index (χ3n) is 1.59. The first-order valence-electron chi connectivity index (χ1n) is 3.45. The molecule has 0 bridgehead atoms. The number of rotatable bonds is 1. The van der Waals surface area contributed by atoms with Crippen LogP contribution in [0.4, 0.5) is 4.39 Å². The zero-order chi connectivity index (χ0) is 7.56. The molecule has 0 nitrogen and oxygen atoms in total. The summed E-state index contributed by atoms with van der Waals surface area (Å²) in [4.78, 5) is 0. The lowest BCUT2D eigenvalue weighted by Crippen LogP contribution is -2.00. The zero-order valence-electron chi connectivity index (χ0n) is 5.90. The van der Waals surface area contributed by atoms with Crippen molar-refractivity contribution < 1.29 is 4.39 Å². The number of alkyl halides is 1. The molecule has 0 spiro atoms. The normalized spacial score (nSPS) is 25.7. The van der Waals surface area contributed by atoms with E-state index in [0.29, 0.717) is 6.42 Å². The molecule has 2 heteroatoms. The van der Waals surface area contributed by atoms with Crippen LogP contribution in [0.1, 0.15) is 19.8 Å². The van der Waals surface area contributed by atoms with Crippen molar-refractivity contribution >= 4 is 22.6 Å². The van der Waals surface area contributed by atoms with Gasteiger partial charge in [0.05, 0.1) is 0 Å². The monoisotopic (exact) mass is 252 g/mol. The smallest absolute Gasteiger partial charge is 0.122 e. The van der Waals surface area contributed by atoms with Crippen molar-refractivity contribution in [2.45, 2.75) is 25.9 Å². The van der Waals surface area contributed by atoms with Crippen LogP contribution in [0, 0.1) is 0 Å². The lowest BCUT2D eigenvalue weighted by Gasteiger charge is -2.11. The van der Waals surface area contributed by atoms with Crippen LogP contribution in [0.15, 0.2) is 21.3 Å². The molecule has 1 rings (SSSR count). The van der Waals surface area contributed by atoms with Gasteiger partial charge in [0.15, 0.2) is 0 Å². The fourth-order valence-electron chi connectivity index (χ4n) is 1.000. The van der Waals surface area contributed by atoms with Gasteiger partial charge in [-0.15, -0.1) is 0 Å². The molecule has 1 unspecified atom stereocenters. The van der Waals surface area contributed by atoms with Crippen LogP contribution >= 0.6 is 22.6 Å². The van der Waals surface area contributed by atoms with E-state index in [2.05, 4.69) is 29.5 Å². The molecule has 0 radical (unpaired) electrons. The molecule has 1 atom stereocenters. The number of halogens is 2. The Morgan fingerprint density at radius 2 is 2.50 bits per heavy atom. The van der Waals surface area contributed by atoms with Gasteiger partial charge in [0.2, 0.25) is 0 Å². The van der Waals surface area contributed by atoms with Gasteiger partial charge in [-0.3, -0.25) is 0 Å². The number of hydrogen-bond acceptors (Lipinski definition) is 0. The SMILES string of the molecule is CCC1=CC(F)CC=C1I. The number of allylic oxidation sites excluding steroid dienone is 4. The Morgan fingerprint density at radius 3 is 3.00 bits per heavy atom. The molecule has 10 heavy (non-hydrogen) atoms. The second kappa shape index (κ2) is 3.51. The largest absolute Gasteiger partial charge is 0.243 e. The molecular formula is C8H10FI. The average Bonchev–Trinajstić information content (AvgIpc) is 1.94. The van der Waals surface area contributed by atoms with Crippen LogP contribution in [0.2, 0.25) is 0 Å². The maximum Gasteiger partial charge on any atom is 0.122 e. The first-order chi connectivity index (χ1) is 4.74. The minimum atomic E-state index is -0.742. The summed E-state index contributed by atoms with van der Waals surface area (Å²) in [5.41, 5.74) is 1.15. The average molecular weight is 252 g/mol. The van der Waals surface area contributed by atoms with Crippen molar-refractivity contribution in [1.29, 1.82) is 0 Å². The maximum atomic E-state index is 12.7. The first kappa shape index (κ1) is 8.24. The summed E-state index contributed by atoms with van der Waals surface area (Å²) in [6.07, 6.45) is 4.44. The highest BCUT2D eigenvalue weighted by Crippen LogP contribution is 2.27. The Balaban J connectivity index is 2.74. The van der Waals surface area contributed by atoms with Crippen molar-refractivity contribution in [2.75, 3.05) is 0 Å². The predicted octanol–water partition coefficient (Wildman–Crippen LogP) is 3.38. The van der Waals surface area contributed by atoms with Crippen LogP contribution < -0.4 is 0 Å². The van der Waals surface area contributed by atoms with Crippen LogP contribution in [-0.4, -0.2) is 6.17 Å². The summed E-state index contributed by atoms with van der Waals surface area (Å²) in [6.45, 7) is 2.05. The van der Waals surface area contributed by atoms with E-state index in [1.165, 1.54) is 3.58 Å². The van der Waals surface area contributed by atoms with Gasteiger partial charge in [0.1, 0.15) is 6.17 Å². The standard InChI is InChI=1S/C8H10FI/c1-2-6-5-7(9)3-4-8(6)10/h4-5,7H,2-3H2,1H3. The van der Waals surface area contributed by atoms with E-state index in [9.17, 15) is 4.39 Å². The third-order valence-corrected chi connectivity index (χ3v) is 2.73. The summed E-state index contributed by atoms with van der Waals surface area (Å²) in [6, 6.07) is 0. The van der Waals surface area contributed by atoms with Gasteiger partial charge < -0.3 is 0 Å². The predicted molar refractivity (Wildman–Crippen MR) is 50.0 cm³/mol. The first-order valence-corrected chi connectivity index (χ1v) is 4.52. The lowest BCUT2D eigenvalue weighted by molar-refractivity contribution is 0.399. The van der Waals surface area contributed by atoms with Gasteiger partial charge >= 0.3 is 0 Å². The third kappa shape index (κ3) is 1.81. The summed E-state index contributed by atoms with van der Waals surface area (Å²) >= 11 is 2.25. The quantitative estimate of drug-likeness (QED) is 0.627. The Hall–Kier alpha value is 0.140. The lowest BCUT2D eigenvalue weighted by atomic mass is 10.0. The Morgan fingerprint density at radius 1 is 1.80 bits per heavy atom. The Labute approximate surface area is 74.3 Å². The van der Waals surface area contributed by atoms with Crippen molar-refractivity contribution in [2.24, 2.45) is 0 Å². The minimum absolute atomic E-state index is 0.557. The van der Waals surface area contributed by atoms with Gasteiger partial charge in [0, 0.05) is 10.0 Å². The molecule has 1 aliphatic carbocycles. The molecule has 0 aromatic rings. The molecule has 0 amide bonds. The molecule has 0 saturated heterocycles. The van der Waals surface area contributed by atoms with Gasteiger partial charge in [-0.1, -0.05) is 13.0 Å². The van der Waals surface area contributed by atoms with Gasteiger partial charge in [-0.05, 0) is 40.7 Å². The van der Waals surface area contributed by atoms with Crippen LogP contribution in [-0.2, 0) is 0 Å². The fraction of sp³-hybridized carbons (Fsp3) is 0.500. The molecule has 0 aromatic carbocycles. The highest BCUT2D eigenvalue weighted by molar-refractivity contribution is 14.1. The fourth-order valence-corrected chi connectivity index (χ4v) is 1.82. The second-order valence-corrected chi connectivity index (χ2v) is 3.51. The molecular weight excluding hydrogens is 242 g/mol. The van der Waals surface area contributed by atoms with E-state index in [4.69, 9.17) is 0 Å². The molecule has 0 aromatic heterocycles. The van der Waals surface area contributed by atoms with Crippen molar-refractivity contribution in [1.82, 2.24) is 0 Å². The van der Waals surface area contributed by atoms with Gasteiger partial charge in [0.25, 0.3) is 0 Å². The summed E-state index contributed by atoms with van der Waals surface area (Å²) < 4.78 is 13.9. The summed E-state index contributed by atoms with van der Waals surface area (Å²) in [7, 11) is 0. The van der Waals surface area contributed by atoms with E-state index < -0.39 is 6.17 Å². The minimum Gasteiger partial charge on any atom is -0.243 e. The van der Waals surface area contributed by atoms with E-state index in [0.717, 1.165) is 12.0 Å². The van der Waals surface area contributed by atoms with Gasteiger partial charge in [-0.2, -0.15) is 0 Å². The van der Waals surface area contributed by atoms with Crippen molar-refractivity contribution in [3.05, 3.63) is 21.3 Å². The van der Waals surface area contributed by atoms with E-state index in [1.54, 1.807) is 6.08 Å². The van der Waals surface area contributed by atoms with Gasteiger partial charge in [-0.25, -0.2) is 4.39 Å². The Bertz CT molecular complexity index is 182. The highest BCUT2D eigenvalue weighted by atomic mass is 127. The number of hydrogen-bond donors (Lipinski definition) is 0. The Kier molecular flexibility index (Phi) is 2.89. The zero-order valence-corrected chi connectivity index (χ0v) is 8.06. The van der Waals surface area contributed by atoms with Crippen LogP contribution in [0.5, 0.6) is 0 Å². The molecule has 0 saturated carbocycles. The second-order valence-electron chi connectivity index (χ2n) is 2.35. The molecule has 1 aliphatic rings. The molecule has 0 heterocycles. The highest BCUT2D eigenvalue weighted by Gasteiger charge is 2.10. The van der Waals surface area contributed by atoms with E-state index in [-0.39, 0.29) is 0 Å². The van der Waals surface area contributed by atoms with Crippen LogP contribution in [0.3, 0.4) is 0 Å². The van der Waals surface area contributed by atoms with Crippen molar-refractivity contribution in [3.8, 4) is 0 Å². The molecule has 0 fully saturated rings. The maximum absolute atomic E-state index is 12.7. The van der Waals surface area contributed by atoms with E-state index in [1.807, 2.05) is 6.08 Å². The van der Waals surface area contributed by atoms with E-state index >= 15 is 0 Å².